The molecular weight excluding hydrogens is 326 g/mol. The molecule has 0 spiro atoms. The van der Waals surface area contributed by atoms with E-state index in [1.807, 2.05) is 24.0 Å². The van der Waals surface area contributed by atoms with Gasteiger partial charge in [-0.15, -0.1) is 11.3 Å². The third-order valence-electron chi connectivity index (χ3n) is 4.22. The van der Waals surface area contributed by atoms with Crippen LogP contribution in [0, 0.1) is 12.8 Å². The molecule has 0 bridgehead atoms. The smallest absolute Gasteiger partial charge is 0.274 e. The zero-order valence-electron chi connectivity index (χ0n) is 14.0. The third kappa shape index (κ3) is 3.51. The van der Waals surface area contributed by atoms with Gasteiger partial charge in [0.05, 0.1) is 6.04 Å². The zero-order chi connectivity index (χ0) is 17.3. The lowest BCUT2D eigenvalue weighted by Crippen LogP contribution is -2.40. The van der Waals surface area contributed by atoms with Gasteiger partial charge in [0.2, 0.25) is 5.91 Å². The second kappa shape index (κ2) is 6.76. The van der Waals surface area contributed by atoms with Crippen molar-refractivity contribution in [1.82, 2.24) is 9.88 Å². The van der Waals surface area contributed by atoms with Crippen molar-refractivity contribution in [2.75, 3.05) is 11.9 Å². The molecule has 1 N–H and O–H groups in total. The highest BCUT2D eigenvalue weighted by Gasteiger charge is 2.34. The van der Waals surface area contributed by atoms with Gasteiger partial charge in [-0.25, -0.2) is 4.98 Å². The fourth-order valence-electron chi connectivity index (χ4n) is 3.01. The van der Waals surface area contributed by atoms with Crippen molar-refractivity contribution in [3.05, 3.63) is 34.7 Å². The fraction of sp³-hybridized carbons (Fsp3) is 0.471. The molecular formula is C17H21N3O3S. The van der Waals surface area contributed by atoms with E-state index in [0.29, 0.717) is 23.3 Å². The predicted molar refractivity (Wildman–Crippen MR) is 92.0 cm³/mol. The van der Waals surface area contributed by atoms with Crippen molar-refractivity contribution in [2.45, 2.75) is 39.7 Å². The largest absolute Gasteiger partial charge is 0.464 e. The molecule has 1 saturated heterocycles. The van der Waals surface area contributed by atoms with E-state index in [2.05, 4.69) is 17.2 Å². The first kappa shape index (κ1) is 16.7. The van der Waals surface area contributed by atoms with Crippen molar-refractivity contribution in [3.63, 3.8) is 0 Å². The average molecular weight is 347 g/mol. The van der Waals surface area contributed by atoms with Crippen molar-refractivity contribution >= 4 is 28.3 Å². The molecule has 2 aromatic rings. The van der Waals surface area contributed by atoms with Crippen molar-refractivity contribution < 1.29 is 14.0 Å². The molecule has 2 amide bonds. The highest BCUT2D eigenvalue weighted by molar-refractivity contribution is 7.14. The molecule has 7 heteroatoms. The standard InChI is InChI=1S/C17H21N3O3S/c1-10-6-7-20(14(8-10)15-5-4-11(2)23-15)16(22)13-9-24-17(19-13)18-12(3)21/h4-5,9-10,14H,6-8H2,1-3H3,(H,18,19,21)/t10-,14+/m1/s1. The molecule has 0 aliphatic carbocycles. The van der Waals surface area contributed by atoms with Crippen LogP contribution >= 0.6 is 11.3 Å². The van der Waals surface area contributed by atoms with Crippen LogP contribution in [0.1, 0.15) is 54.7 Å². The number of amides is 2. The highest BCUT2D eigenvalue weighted by atomic mass is 32.1. The summed E-state index contributed by atoms with van der Waals surface area (Å²) < 4.78 is 5.78. The van der Waals surface area contributed by atoms with Crippen LogP contribution in [0.15, 0.2) is 21.9 Å². The normalized spacial score (nSPS) is 20.9. The molecule has 2 aromatic heterocycles. The summed E-state index contributed by atoms with van der Waals surface area (Å²) in [4.78, 5) is 30.1. The minimum absolute atomic E-state index is 0.0686. The van der Waals surface area contributed by atoms with Gasteiger partial charge in [0.15, 0.2) is 5.13 Å². The lowest BCUT2D eigenvalue weighted by Gasteiger charge is -2.37. The van der Waals surface area contributed by atoms with E-state index in [-0.39, 0.29) is 17.9 Å². The summed E-state index contributed by atoms with van der Waals surface area (Å²) in [6, 6.07) is 3.80. The number of aromatic nitrogens is 1. The molecule has 0 saturated carbocycles. The molecule has 1 aliphatic rings. The number of anilines is 1. The van der Waals surface area contributed by atoms with Crippen molar-refractivity contribution in [1.29, 1.82) is 0 Å². The summed E-state index contributed by atoms with van der Waals surface area (Å²) in [5.41, 5.74) is 0.367. The van der Waals surface area contributed by atoms with E-state index < -0.39 is 0 Å². The Labute approximate surface area is 144 Å². The van der Waals surface area contributed by atoms with E-state index in [1.165, 1.54) is 18.3 Å². The Kier molecular flexibility index (Phi) is 4.71. The number of furan rings is 1. The third-order valence-corrected chi connectivity index (χ3v) is 4.98. The van der Waals surface area contributed by atoms with Crippen LogP contribution in [0.4, 0.5) is 5.13 Å². The first-order valence-electron chi connectivity index (χ1n) is 8.04. The summed E-state index contributed by atoms with van der Waals surface area (Å²) in [5.74, 6) is 1.89. The summed E-state index contributed by atoms with van der Waals surface area (Å²) in [6.07, 6.45) is 1.84. The number of hydrogen-bond donors (Lipinski definition) is 1. The van der Waals surface area contributed by atoms with Gasteiger partial charge >= 0.3 is 0 Å². The molecule has 0 aromatic carbocycles. The van der Waals surface area contributed by atoms with Crippen LogP contribution in [0.25, 0.3) is 0 Å². The number of nitrogens with one attached hydrogen (secondary N) is 1. The van der Waals surface area contributed by atoms with E-state index in [9.17, 15) is 9.59 Å². The number of aryl methyl sites for hydroxylation is 1. The highest BCUT2D eigenvalue weighted by Crippen LogP contribution is 2.36. The number of hydrogen-bond acceptors (Lipinski definition) is 5. The Morgan fingerprint density at radius 3 is 2.88 bits per heavy atom. The number of thiazole rings is 1. The van der Waals surface area contributed by atoms with Crippen LogP contribution in [0.5, 0.6) is 0 Å². The second-order valence-electron chi connectivity index (χ2n) is 6.31. The van der Waals surface area contributed by atoms with E-state index >= 15 is 0 Å². The monoisotopic (exact) mass is 347 g/mol. The van der Waals surface area contributed by atoms with Crippen LogP contribution in [-0.2, 0) is 4.79 Å². The van der Waals surface area contributed by atoms with Gasteiger partial charge in [0, 0.05) is 18.8 Å². The quantitative estimate of drug-likeness (QED) is 0.920. The zero-order valence-corrected chi connectivity index (χ0v) is 14.9. The topological polar surface area (TPSA) is 75.4 Å². The van der Waals surface area contributed by atoms with Gasteiger partial charge < -0.3 is 14.6 Å². The molecule has 6 nitrogen and oxygen atoms in total. The maximum atomic E-state index is 12.9. The number of carbonyl (C=O) groups excluding carboxylic acids is 2. The molecule has 0 unspecified atom stereocenters. The van der Waals surface area contributed by atoms with Gasteiger partial charge in [-0.2, -0.15) is 0 Å². The first-order valence-corrected chi connectivity index (χ1v) is 8.92. The summed E-state index contributed by atoms with van der Waals surface area (Å²) in [6.45, 7) is 6.20. The molecule has 0 radical (unpaired) electrons. The van der Waals surface area contributed by atoms with E-state index in [1.54, 1.807) is 5.38 Å². The molecule has 2 atom stereocenters. The molecule has 128 valence electrons. The van der Waals surface area contributed by atoms with Gasteiger partial charge in [-0.1, -0.05) is 6.92 Å². The van der Waals surface area contributed by atoms with Gasteiger partial charge in [0.1, 0.15) is 17.2 Å². The molecule has 1 fully saturated rings. The van der Waals surface area contributed by atoms with Crippen molar-refractivity contribution in [2.24, 2.45) is 5.92 Å². The lowest BCUT2D eigenvalue weighted by atomic mass is 9.91. The first-order chi connectivity index (χ1) is 11.4. The lowest BCUT2D eigenvalue weighted by molar-refractivity contribution is -0.114. The molecule has 24 heavy (non-hydrogen) atoms. The fourth-order valence-corrected chi connectivity index (χ4v) is 3.74. The van der Waals surface area contributed by atoms with Crippen LogP contribution in [0.2, 0.25) is 0 Å². The Bertz CT molecular complexity index is 752. The van der Waals surface area contributed by atoms with Crippen LogP contribution < -0.4 is 5.32 Å². The number of likely N-dealkylation sites (tertiary alicyclic amines) is 1. The van der Waals surface area contributed by atoms with Gasteiger partial charge in [-0.05, 0) is 37.8 Å². The Balaban J connectivity index is 1.83. The average Bonchev–Trinajstić information content (AvgIpc) is 3.15. The summed E-state index contributed by atoms with van der Waals surface area (Å²) in [7, 11) is 0. The second-order valence-corrected chi connectivity index (χ2v) is 7.17. The van der Waals surface area contributed by atoms with E-state index in [4.69, 9.17) is 4.42 Å². The molecule has 3 heterocycles. The number of carbonyl (C=O) groups is 2. The minimum atomic E-state index is -0.195. The number of rotatable bonds is 3. The maximum Gasteiger partial charge on any atom is 0.274 e. The summed E-state index contributed by atoms with van der Waals surface area (Å²) >= 11 is 1.26. The Morgan fingerprint density at radius 2 is 2.21 bits per heavy atom. The van der Waals surface area contributed by atoms with E-state index in [0.717, 1.165) is 24.4 Å². The van der Waals surface area contributed by atoms with Gasteiger partial charge in [-0.3, -0.25) is 9.59 Å². The van der Waals surface area contributed by atoms with Gasteiger partial charge in [0.25, 0.3) is 5.91 Å². The number of piperidine rings is 1. The molecule has 1 aliphatic heterocycles. The summed E-state index contributed by atoms with van der Waals surface area (Å²) in [5, 5.41) is 4.75. The van der Waals surface area contributed by atoms with Crippen LogP contribution in [0.3, 0.4) is 0 Å². The SMILES string of the molecule is CC(=O)Nc1nc(C(=O)N2CC[C@@H](C)C[C@H]2c2ccc(C)o2)cs1. The molecule has 3 rings (SSSR count). The van der Waals surface area contributed by atoms with Crippen molar-refractivity contribution in [3.8, 4) is 0 Å². The van der Waals surface area contributed by atoms with Crippen LogP contribution in [-0.4, -0.2) is 28.2 Å². The Morgan fingerprint density at radius 1 is 1.42 bits per heavy atom. The predicted octanol–water partition coefficient (Wildman–Crippen LogP) is 3.62. The Hall–Kier alpha value is -2.15. The number of nitrogens with zero attached hydrogens (tertiary/aromatic N) is 2. The maximum absolute atomic E-state index is 12.9. The minimum Gasteiger partial charge on any atom is -0.464 e.